The molecule has 0 spiro atoms. The van der Waals surface area contributed by atoms with Gasteiger partial charge in [0.2, 0.25) is 5.69 Å². The Morgan fingerprint density at radius 2 is 1.60 bits per heavy atom. The van der Waals surface area contributed by atoms with Crippen molar-refractivity contribution < 1.29 is 9.13 Å². The normalized spacial score (nSPS) is 11.7. The first-order chi connectivity index (χ1) is 17.0. The number of pyridine rings is 1. The van der Waals surface area contributed by atoms with Gasteiger partial charge in [0.05, 0.1) is 14.1 Å². The minimum atomic E-state index is 0.964. The van der Waals surface area contributed by atoms with Gasteiger partial charge in [-0.1, -0.05) is 42.5 Å². The molecule has 5 aromatic rings. The highest BCUT2D eigenvalue weighted by atomic mass is 32.2. The van der Waals surface area contributed by atoms with E-state index in [4.69, 9.17) is 0 Å². The van der Waals surface area contributed by atoms with Crippen LogP contribution in [0.4, 0.5) is 5.69 Å². The number of thioether (sulfide) groups is 1. The Kier molecular flexibility index (Phi) is 6.60. The molecule has 4 nitrogen and oxygen atoms in total. The molecule has 2 aromatic heterocycles. The molecule has 0 saturated heterocycles. The molecule has 0 unspecified atom stereocenters. The van der Waals surface area contributed by atoms with Crippen LogP contribution in [0, 0.1) is 0 Å². The average Bonchev–Trinajstić information content (AvgIpc) is 3.13. The van der Waals surface area contributed by atoms with Gasteiger partial charge in [0, 0.05) is 48.6 Å². The molecule has 35 heavy (non-hydrogen) atoms. The van der Waals surface area contributed by atoms with Gasteiger partial charge in [0.15, 0.2) is 17.2 Å². The topological polar surface area (TPSA) is 15.9 Å². The Hall–Kier alpha value is -3.57. The van der Waals surface area contributed by atoms with Crippen molar-refractivity contribution in [2.24, 2.45) is 21.1 Å². The van der Waals surface area contributed by atoms with E-state index in [1.165, 1.54) is 43.9 Å². The number of anilines is 1. The SMILES string of the molecule is CN(CCSc1n(C)c2ccccc2[n+]1C)c1ccc(/C=C/c2cccc[n+]2C)c2ccccc12. The van der Waals surface area contributed by atoms with Crippen LogP contribution in [-0.2, 0) is 21.1 Å². The highest BCUT2D eigenvalue weighted by Gasteiger charge is 2.20. The molecule has 0 aliphatic heterocycles. The number of hydrogen-bond acceptors (Lipinski definition) is 2. The molecule has 3 aromatic carbocycles. The lowest BCUT2D eigenvalue weighted by Gasteiger charge is -2.21. The summed E-state index contributed by atoms with van der Waals surface area (Å²) < 4.78 is 6.72. The van der Waals surface area contributed by atoms with Crippen molar-refractivity contribution in [1.82, 2.24) is 4.57 Å². The molecule has 176 valence electrons. The Bertz CT molecular complexity index is 1490. The van der Waals surface area contributed by atoms with Crippen LogP contribution in [0.25, 0.3) is 34.0 Å². The molecular formula is C30H32N4S+2. The molecule has 0 aliphatic carbocycles. The third-order valence-electron chi connectivity index (χ3n) is 6.71. The maximum Gasteiger partial charge on any atom is 0.318 e. The summed E-state index contributed by atoms with van der Waals surface area (Å²) in [5.41, 5.74) is 6.22. The highest BCUT2D eigenvalue weighted by Crippen LogP contribution is 2.30. The summed E-state index contributed by atoms with van der Waals surface area (Å²) in [5, 5.41) is 3.84. The van der Waals surface area contributed by atoms with E-state index >= 15 is 0 Å². The van der Waals surface area contributed by atoms with Crippen LogP contribution in [0.15, 0.2) is 90.2 Å². The summed E-state index contributed by atoms with van der Waals surface area (Å²) in [5.74, 6) is 1.01. The van der Waals surface area contributed by atoms with Gasteiger partial charge in [-0.25, -0.2) is 13.7 Å². The first kappa shape index (κ1) is 23.2. The lowest BCUT2D eigenvalue weighted by molar-refractivity contribution is -0.685. The van der Waals surface area contributed by atoms with Gasteiger partial charge in [0.1, 0.15) is 7.05 Å². The molecule has 0 amide bonds. The number of fused-ring (bicyclic) bond motifs is 2. The number of aryl methyl sites for hydroxylation is 3. The van der Waals surface area contributed by atoms with Crippen molar-refractivity contribution in [3.05, 3.63) is 96.3 Å². The average molecular weight is 481 g/mol. The minimum absolute atomic E-state index is 0.964. The van der Waals surface area contributed by atoms with E-state index in [2.05, 4.69) is 144 Å². The largest absolute Gasteiger partial charge is 0.373 e. The van der Waals surface area contributed by atoms with Crippen LogP contribution < -0.4 is 14.0 Å². The Balaban J connectivity index is 1.36. The lowest BCUT2D eigenvalue weighted by Crippen LogP contribution is -2.30. The first-order valence-electron chi connectivity index (χ1n) is 12.0. The number of benzene rings is 3. The maximum atomic E-state index is 2.38. The number of nitrogens with zero attached hydrogens (tertiary/aromatic N) is 4. The van der Waals surface area contributed by atoms with E-state index in [0.717, 1.165) is 12.3 Å². The van der Waals surface area contributed by atoms with Crippen molar-refractivity contribution in [3.8, 4) is 0 Å². The molecule has 0 bridgehead atoms. The van der Waals surface area contributed by atoms with Gasteiger partial charge in [-0.15, -0.1) is 0 Å². The van der Waals surface area contributed by atoms with Gasteiger partial charge < -0.3 is 4.90 Å². The van der Waals surface area contributed by atoms with Gasteiger partial charge in [0.25, 0.3) is 0 Å². The van der Waals surface area contributed by atoms with Crippen LogP contribution in [0.2, 0.25) is 0 Å². The molecule has 0 N–H and O–H groups in total. The van der Waals surface area contributed by atoms with E-state index in [1.54, 1.807) is 0 Å². The van der Waals surface area contributed by atoms with Crippen molar-refractivity contribution in [1.29, 1.82) is 0 Å². The summed E-state index contributed by atoms with van der Waals surface area (Å²) in [4.78, 5) is 2.38. The van der Waals surface area contributed by atoms with E-state index < -0.39 is 0 Å². The molecule has 5 heteroatoms. The van der Waals surface area contributed by atoms with Crippen molar-refractivity contribution in [2.75, 3.05) is 24.2 Å². The van der Waals surface area contributed by atoms with Crippen molar-refractivity contribution in [2.45, 2.75) is 5.16 Å². The fourth-order valence-corrected chi connectivity index (χ4v) is 5.85. The van der Waals surface area contributed by atoms with Gasteiger partial charge in [-0.2, -0.15) is 0 Å². The summed E-state index contributed by atoms with van der Waals surface area (Å²) in [6, 6.07) is 28.1. The second kappa shape index (κ2) is 9.96. The summed E-state index contributed by atoms with van der Waals surface area (Å²) in [6.07, 6.45) is 6.48. The summed E-state index contributed by atoms with van der Waals surface area (Å²) in [6.45, 7) is 0.964. The molecular weight excluding hydrogens is 448 g/mol. The van der Waals surface area contributed by atoms with Crippen LogP contribution in [0.1, 0.15) is 11.3 Å². The van der Waals surface area contributed by atoms with E-state index in [9.17, 15) is 0 Å². The standard InChI is InChI=1S/C30H32N4S/c1-31-20-10-9-11-24(31)18-16-23-17-19-27(26-13-6-5-12-25(23)26)32(2)21-22-35-30-33(3)28-14-7-8-15-29(28)34(30)4/h5-20H,21-22H2,1-4H3/q+2. The Labute approximate surface area is 211 Å². The van der Waals surface area contributed by atoms with E-state index in [1.807, 2.05) is 11.8 Å². The van der Waals surface area contributed by atoms with Crippen molar-refractivity contribution in [3.63, 3.8) is 0 Å². The second-order valence-electron chi connectivity index (χ2n) is 8.95. The van der Waals surface area contributed by atoms with Crippen LogP contribution >= 0.6 is 11.8 Å². The quantitative estimate of drug-likeness (QED) is 0.230. The van der Waals surface area contributed by atoms with E-state index in [0.29, 0.717) is 0 Å². The third kappa shape index (κ3) is 4.56. The minimum Gasteiger partial charge on any atom is -0.373 e. The molecule has 2 heterocycles. The van der Waals surface area contributed by atoms with Gasteiger partial charge in [-0.3, -0.25) is 0 Å². The number of aromatic nitrogens is 3. The third-order valence-corrected chi connectivity index (χ3v) is 7.90. The first-order valence-corrected chi connectivity index (χ1v) is 12.9. The number of para-hydroxylation sites is 2. The highest BCUT2D eigenvalue weighted by molar-refractivity contribution is 7.99. The number of imidazole rings is 1. The monoisotopic (exact) mass is 480 g/mol. The molecule has 0 radical (unpaired) electrons. The second-order valence-corrected chi connectivity index (χ2v) is 10.0. The summed E-state index contributed by atoms with van der Waals surface area (Å²) >= 11 is 1.91. The molecule has 0 aliphatic rings. The zero-order valence-corrected chi connectivity index (χ0v) is 21.7. The predicted octanol–water partition coefficient (Wildman–Crippen LogP) is 5.38. The molecule has 0 atom stereocenters. The van der Waals surface area contributed by atoms with Gasteiger partial charge in [-0.05, 0) is 53.1 Å². The van der Waals surface area contributed by atoms with Gasteiger partial charge >= 0.3 is 5.16 Å². The summed E-state index contributed by atoms with van der Waals surface area (Å²) in [7, 11) is 8.59. The smallest absolute Gasteiger partial charge is 0.318 e. The van der Waals surface area contributed by atoms with Crippen molar-refractivity contribution >= 4 is 51.4 Å². The fraction of sp³-hybridized carbons (Fsp3) is 0.200. The zero-order chi connectivity index (χ0) is 24.4. The molecule has 0 saturated carbocycles. The molecule has 0 fully saturated rings. The number of rotatable bonds is 7. The van der Waals surface area contributed by atoms with Crippen LogP contribution in [0.5, 0.6) is 0 Å². The van der Waals surface area contributed by atoms with E-state index in [-0.39, 0.29) is 0 Å². The number of hydrogen-bond donors (Lipinski definition) is 0. The fourth-order valence-electron chi connectivity index (χ4n) is 4.72. The van der Waals surface area contributed by atoms with Crippen LogP contribution in [-0.4, -0.2) is 23.9 Å². The Morgan fingerprint density at radius 1 is 0.857 bits per heavy atom. The van der Waals surface area contributed by atoms with Crippen LogP contribution in [0.3, 0.4) is 0 Å². The molecule has 5 rings (SSSR count). The Morgan fingerprint density at radius 3 is 2.40 bits per heavy atom. The lowest BCUT2D eigenvalue weighted by atomic mass is 10.0. The zero-order valence-electron chi connectivity index (χ0n) is 20.8. The predicted molar refractivity (Wildman–Crippen MR) is 149 cm³/mol. The maximum absolute atomic E-state index is 2.38.